The molecular weight excluding hydrogens is 405 g/mol. The number of hydrogen-bond acceptors (Lipinski definition) is 3. The third-order valence-electron chi connectivity index (χ3n) is 4.56. The zero-order valence-electron chi connectivity index (χ0n) is 16.9. The van der Waals surface area contributed by atoms with E-state index < -0.39 is 0 Å². The molecule has 29 heavy (non-hydrogen) atoms. The molecule has 0 unspecified atom stereocenters. The van der Waals surface area contributed by atoms with Gasteiger partial charge in [0.2, 0.25) is 0 Å². The molecule has 1 aromatic heterocycles. The zero-order valence-corrected chi connectivity index (χ0v) is 18.5. The molecule has 0 aliphatic heterocycles. The van der Waals surface area contributed by atoms with E-state index >= 15 is 0 Å². The van der Waals surface area contributed by atoms with Crippen LogP contribution in [0.4, 0.5) is 17.2 Å². The van der Waals surface area contributed by atoms with Crippen LogP contribution in [0.3, 0.4) is 0 Å². The summed E-state index contributed by atoms with van der Waals surface area (Å²) in [6.45, 7) is 6.49. The van der Waals surface area contributed by atoms with Crippen molar-refractivity contribution in [3.63, 3.8) is 0 Å². The van der Waals surface area contributed by atoms with Crippen molar-refractivity contribution in [1.29, 1.82) is 0 Å². The van der Waals surface area contributed by atoms with E-state index in [2.05, 4.69) is 31.1 Å². The SMILES string of the molecule is CN(c1cccc(C(=O)Nc2ccc(C(C)(C)C)cc2)c1)c1ncccc1Cl.Cl. The zero-order chi connectivity index (χ0) is 20.3. The Balaban J connectivity index is 0.00000300. The van der Waals surface area contributed by atoms with Crippen molar-refractivity contribution in [1.82, 2.24) is 4.98 Å². The summed E-state index contributed by atoms with van der Waals surface area (Å²) >= 11 is 6.24. The lowest BCUT2D eigenvalue weighted by Crippen LogP contribution is -2.15. The summed E-state index contributed by atoms with van der Waals surface area (Å²) in [4.78, 5) is 18.9. The second kappa shape index (κ2) is 9.29. The molecule has 6 heteroatoms. The Labute approximate surface area is 183 Å². The normalized spacial score (nSPS) is 10.8. The standard InChI is InChI=1S/C23H24ClN3O.ClH/c1-23(2,3)17-10-12-18(13-11-17)26-22(28)16-7-5-8-19(15-16)27(4)21-20(24)9-6-14-25-21;/h5-15H,1-4H3,(H,26,28);1H. The van der Waals surface area contributed by atoms with Crippen molar-refractivity contribution in [2.75, 3.05) is 17.3 Å². The number of halogens is 2. The van der Waals surface area contributed by atoms with Gasteiger partial charge in [-0.3, -0.25) is 4.79 Å². The predicted octanol–water partition coefficient (Wildman–Crippen LogP) is 6.47. The molecule has 1 amide bonds. The van der Waals surface area contributed by atoms with Crippen molar-refractivity contribution < 1.29 is 4.79 Å². The topological polar surface area (TPSA) is 45.2 Å². The van der Waals surface area contributed by atoms with Gasteiger partial charge in [0.25, 0.3) is 5.91 Å². The van der Waals surface area contributed by atoms with Gasteiger partial charge < -0.3 is 10.2 Å². The second-order valence-corrected chi connectivity index (χ2v) is 8.11. The van der Waals surface area contributed by atoms with E-state index in [1.54, 1.807) is 24.4 Å². The van der Waals surface area contributed by atoms with E-state index in [1.165, 1.54) is 5.56 Å². The number of carbonyl (C=O) groups is 1. The maximum absolute atomic E-state index is 12.7. The van der Waals surface area contributed by atoms with Crippen LogP contribution in [-0.2, 0) is 5.41 Å². The van der Waals surface area contributed by atoms with Crippen molar-refractivity contribution in [2.45, 2.75) is 26.2 Å². The van der Waals surface area contributed by atoms with Gasteiger partial charge in [0.05, 0.1) is 5.02 Å². The van der Waals surface area contributed by atoms with Crippen LogP contribution in [0.5, 0.6) is 0 Å². The summed E-state index contributed by atoms with van der Waals surface area (Å²) < 4.78 is 0. The Kier molecular flexibility index (Phi) is 7.28. The van der Waals surface area contributed by atoms with E-state index in [1.807, 2.05) is 54.4 Å². The van der Waals surface area contributed by atoms with Gasteiger partial charge in [-0.1, -0.05) is 50.6 Å². The minimum atomic E-state index is -0.161. The van der Waals surface area contributed by atoms with E-state index in [-0.39, 0.29) is 23.7 Å². The van der Waals surface area contributed by atoms with Gasteiger partial charge in [0, 0.05) is 30.2 Å². The predicted molar refractivity (Wildman–Crippen MR) is 124 cm³/mol. The first-order chi connectivity index (χ1) is 13.3. The number of carbonyl (C=O) groups excluding carboxylic acids is 1. The molecule has 0 spiro atoms. The first-order valence-corrected chi connectivity index (χ1v) is 9.50. The van der Waals surface area contributed by atoms with Gasteiger partial charge >= 0.3 is 0 Å². The maximum Gasteiger partial charge on any atom is 0.255 e. The fraction of sp³-hybridized carbons (Fsp3) is 0.217. The Morgan fingerprint density at radius 2 is 1.72 bits per heavy atom. The highest BCUT2D eigenvalue weighted by atomic mass is 35.5. The Hall–Kier alpha value is -2.56. The van der Waals surface area contributed by atoms with Crippen molar-refractivity contribution in [2.24, 2.45) is 0 Å². The molecule has 2 aromatic carbocycles. The number of benzene rings is 2. The van der Waals surface area contributed by atoms with Gasteiger partial charge in [-0.25, -0.2) is 4.98 Å². The number of pyridine rings is 1. The van der Waals surface area contributed by atoms with Crippen LogP contribution in [0, 0.1) is 0 Å². The van der Waals surface area contributed by atoms with Gasteiger partial charge in [0.1, 0.15) is 0 Å². The number of nitrogens with one attached hydrogen (secondary N) is 1. The molecule has 0 saturated heterocycles. The van der Waals surface area contributed by atoms with Crippen LogP contribution in [0.25, 0.3) is 0 Å². The highest BCUT2D eigenvalue weighted by Gasteiger charge is 2.15. The van der Waals surface area contributed by atoms with Crippen LogP contribution in [0.2, 0.25) is 5.02 Å². The average Bonchev–Trinajstić information content (AvgIpc) is 2.67. The van der Waals surface area contributed by atoms with Crippen LogP contribution in [0.15, 0.2) is 66.9 Å². The largest absolute Gasteiger partial charge is 0.328 e. The van der Waals surface area contributed by atoms with Crippen molar-refractivity contribution >= 4 is 47.1 Å². The monoisotopic (exact) mass is 429 g/mol. The molecule has 0 radical (unpaired) electrons. The molecule has 152 valence electrons. The molecule has 0 aliphatic carbocycles. The van der Waals surface area contributed by atoms with E-state index in [0.717, 1.165) is 11.4 Å². The first-order valence-electron chi connectivity index (χ1n) is 9.12. The molecule has 1 heterocycles. The Morgan fingerprint density at radius 1 is 1.03 bits per heavy atom. The lowest BCUT2D eigenvalue weighted by atomic mass is 9.87. The highest BCUT2D eigenvalue weighted by Crippen LogP contribution is 2.29. The van der Waals surface area contributed by atoms with Crippen LogP contribution >= 0.6 is 24.0 Å². The van der Waals surface area contributed by atoms with Crippen LogP contribution in [0.1, 0.15) is 36.7 Å². The number of aromatic nitrogens is 1. The number of amides is 1. The lowest BCUT2D eigenvalue weighted by Gasteiger charge is -2.20. The molecule has 3 rings (SSSR count). The average molecular weight is 430 g/mol. The third kappa shape index (κ3) is 5.49. The number of nitrogens with zero attached hydrogens (tertiary/aromatic N) is 2. The second-order valence-electron chi connectivity index (χ2n) is 7.70. The quantitative estimate of drug-likeness (QED) is 0.516. The summed E-state index contributed by atoms with van der Waals surface area (Å²) in [5.74, 6) is 0.477. The van der Waals surface area contributed by atoms with E-state index in [4.69, 9.17) is 11.6 Å². The van der Waals surface area contributed by atoms with Crippen LogP contribution < -0.4 is 10.2 Å². The molecule has 0 atom stereocenters. The Bertz CT molecular complexity index is 982. The molecule has 4 nitrogen and oxygen atoms in total. The minimum Gasteiger partial charge on any atom is -0.328 e. The summed E-state index contributed by atoms with van der Waals surface area (Å²) in [5.41, 5.74) is 3.47. The summed E-state index contributed by atoms with van der Waals surface area (Å²) in [7, 11) is 1.87. The lowest BCUT2D eigenvalue weighted by molar-refractivity contribution is 0.102. The fourth-order valence-corrected chi connectivity index (χ4v) is 3.11. The van der Waals surface area contributed by atoms with Crippen molar-refractivity contribution in [3.05, 3.63) is 83.0 Å². The van der Waals surface area contributed by atoms with Gasteiger partial charge in [0.15, 0.2) is 5.82 Å². The number of anilines is 3. The molecule has 1 N–H and O–H groups in total. The molecule has 0 aliphatic rings. The van der Waals surface area contributed by atoms with E-state index in [9.17, 15) is 4.79 Å². The first kappa shape index (κ1) is 22.7. The molecular formula is C23H25Cl2N3O. The van der Waals surface area contributed by atoms with Gasteiger partial charge in [-0.05, 0) is 53.4 Å². The highest BCUT2D eigenvalue weighted by molar-refractivity contribution is 6.33. The summed E-state index contributed by atoms with van der Waals surface area (Å²) in [5, 5.41) is 3.51. The Morgan fingerprint density at radius 3 is 2.34 bits per heavy atom. The van der Waals surface area contributed by atoms with Gasteiger partial charge in [-0.2, -0.15) is 0 Å². The van der Waals surface area contributed by atoms with Crippen molar-refractivity contribution in [3.8, 4) is 0 Å². The van der Waals surface area contributed by atoms with Crippen LogP contribution in [-0.4, -0.2) is 17.9 Å². The number of hydrogen-bond donors (Lipinski definition) is 1. The molecule has 3 aromatic rings. The minimum absolute atomic E-state index is 0. The molecule has 0 saturated carbocycles. The smallest absolute Gasteiger partial charge is 0.255 e. The molecule has 0 fully saturated rings. The fourth-order valence-electron chi connectivity index (χ4n) is 2.86. The third-order valence-corrected chi connectivity index (χ3v) is 4.86. The summed E-state index contributed by atoms with van der Waals surface area (Å²) in [6, 6.07) is 18.9. The maximum atomic E-state index is 12.7. The van der Waals surface area contributed by atoms with Gasteiger partial charge in [-0.15, -0.1) is 12.4 Å². The number of rotatable bonds is 4. The van der Waals surface area contributed by atoms with E-state index in [0.29, 0.717) is 16.4 Å². The molecule has 0 bridgehead atoms. The summed E-state index contributed by atoms with van der Waals surface area (Å²) in [6.07, 6.45) is 1.69.